The zero-order chi connectivity index (χ0) is 14.1. The zero-order valence-electron chi connectivity index (χ0n) is 10.9. The van der Waals surface area contributed by atoms with E-state index in [1.165, 1.54) is 0 Å². The summed E-state index contributed by atoms with van der Waals surface area (Å²) in [6.45, 7) is 0. The van der Waals surface area contributed by atoms with Gasteiger partial charge < -0.3 is 11.1 Å². The van der Waals surface area contributed by atoms with E-state index in [9.17, 15) is 4.79 Å². The summed E-state index contributed by atoms with van der Waals surface area (Å²) >= 11 is 0. The highest BCUT2D eigenvalue weighted by molar-refractivity contribution is 5.95. The lowest BCUT2D eigenvalue weighted by Gasteiger charge is -2.07. The Morgan fingerprint density at radius 1 is 1.30 bits per heavy atom. The minimum absolute atomic E-state index is 0.221. The first-order valence-corrected chi connectivity index (χ1v) is 6.12. The van der Waals surface area contributed by atoms with Crippen LogP contribution < -0.4 is 11.1 Å². The first kappa shape index (κ1) is 12.2. The molecule has 0 radical (unpaired) electrons. The molecule has 0 atom stereocenters. The van der Waals surface area contributed by atoms with Crippen LogP contribution in [0.4, 0.5) is 5.69 Å². The smallest absolute Gasteiger partial charge is 0.271 e. The molecule has 3 N–H and O–H groups in total. The molecule has 0 bridgehead atoms. The van der Waals surface area contributed by atoms with Crippen molar-refractivity contribution < 1.29 is 4.79 Å². The van der Waals surface area contributed by atoms with Crippen molar-refractivity contribution in [3.63, 3.8) is 0 Å². The number of fused-ring (bicyclic) bond motifs is 1. The number of nitrogens with one attached hydrogen (secondary N) is 1. The molecule has 0 aliphatic heterocycles. The number of carbonyl (C=O) groups is 1. The Hall–Kier alpha value is -2.89. The van der Waals surface area contributed by atoms with Crippen molar-refractivity contribution in [3.05, 3.63) is 48.4 Å². The van der Waals surface area contributed by atoms with E-state index in [-0.39, 0.29) is 5.91 Å². The van der Waals surface area contributed by atoms with Crippen LogP contribution in [-0.2, 0) is 0 Å². The highest BCUT2D eigenvalue weighted by Crippen LogP contribution is 2.25. The Bertz CT molecular complexity index is 793. The predicted molar refractivity (Wildman–Crippen MR) is 76.7 cm³/mol. The minimum atomic E-state index is -0.221. The lowest BCUT2D eigenvalue weighted by molar-refractivity contribution is 0.0957. The Morgan fingerprint density at radius 2 is 2.15 bits per heavy atom. The third-order valence-electron chi connectivity index (χ3n) is 3.07. The SMILES string of the molecule is CNC(=O)c1ccn(-c2ccc(N)c3ncccc23)n1. The van der Waals surface area contributed by atoms with Crippen LogP contribution in [0.25, 0.3) is 16.6 Å². The van der Waals surface area contributed by atoms with Gasteiger partial charge in [-0.05, 0) is 30.3 Å². The van der Waals surface area contributed by atoms with E-state index in [0.29, 0.717) is 11.4 Å². The summed E-state index contributed by atoms with van der Waals surface area (Å²) in [6, 6.07) is 9.08. The fraction of sp³-hybridized carbons (Fsp3) is 0.0714. The monoisotopic (exact) mass is 267 g/mol. The second-order valence-corrected chi connectivity index (χ2v) is 4.30. The number of carbonyl (C=O) groups excluding carboxylic acids is 1. The van der Waals surface area contributed by atoms with E-state index in [0.717, 1.165) is 16.6 Å². The summed E-state index contributed by atoms with van der Waals surface area (Å²) in [4.78, 5) is 15.8. The number of aromatic nitrogens is 3. The topological polar surface area (TPSA) is 85.8 Å². The molecule has 6 heteroatoms. The number of hydrogen-bond donors (Lipinski definition) is 2. The van der Waals surface area contributed by atoms with E-state index in [2.05, 4.69) is 15.4 Å². The Morgan fingerprint density at radius 3 is 2.95 bits per heavy atom. The van der Waals surface area contributed by atoms with Crippen LogP contribution in [0, 0.1) is 0 Å². The second kappa shape index (κ2) is 4.65. The van der Waals surface area contributed by atoms with Gasteiger partial charge in [0.15, 0.2) is 5.69 Å². The summed E-state index contributed by atoms with van der Waals surface area (Å²) < 4.78 is 1.65. The average molecular weight is 267 g/mol. The number of benzene rings is 1. The first-order chi connectivity index (χ1) is 9.70. The van der Waals surface area contributed by atoms with Crippen LogP contribution in [0.1, 0.15) is 10.5 Å². The van der Waals surface area contributed by atoms with Gasteiger partial charge in [0, 0.05) is 24.8 Å². The fourth-order valence-electron chi connectivity index (χ4n) is 2.09. The van der Waals surface area contributed by atoms with Crippen molar-refractivity contribution in [1.82, 2.24) is 20.1 Å². The molecule has 0 saturated carbocycles. The van der Waals surface area contributed by atoms with Gasteiger partial charge in [0.1, 0.15) is 0 Å². The van der Waals surface area contributed by atoms with Gasteiger partial charge in [-0.1, -0.05) is 0 Å². The standard InChI is InChI=1S/C14H13N5O/c1-16-14(20)11-6-8-19(18-11)12-5-4-10(15)13-9(12)3-2-7-17-13/h2-8H,15H2,1H3,(H,16,20). The largest absolute Gasteiger partial charge is 0.397 e. The van der Waals surface area contributed by atoms with Crippen molar-refractivity contribution >= 4 is 22.5 Å². The fourth-order valence-corrected chi connectivity index (χ4v) is 2.09. The van der Waals surface area contributed by atoms with Crippen LogP contribution in [0.15, 0.2) is 42.7 Å². The molecule has 6 nitrogen and oxygen atoms in total. The quantitative estimate of drug-likeness (QED) is 0.686. The normalized spacial score (nSPS) is 10.7. The molecule has 20 heavy (non-hydrogen) atoms. The molecule has 1 amide bonds. The third kappa shape index (κ3) is 1.87. The van der Waals surface area contributed by atoms with Gasteiger partial charge in [0.2, 0.25) is 0 Å². The molecule has 0 aliphatic carbocycles. The van der Waals surface area contributed by atoms with Crippen molar-refractivity contribution in [2.24, 2.45) is 0 Å². The molecule has 100 valence electrons. The van der Waals surface area contributed by atoms with Crippen LogP contribution in [0.3, 0.4) is 0 Å². The molecule has 3 aromatic rings. The van der Waals surface area contributed by atoms with E-state index in [1.54, 1.807) is 36.3 Å². The lowest BCUT2D eigenvalue weighted by Crippen LogP contribution is -2.18. The van der Waals surface area contributed by atoms with Gasteiger partial charge in [-0.15, -0.1) is 0 Å². The minimum Gasteiger partial charge on any atom is -0.397 e. The van der Waals surface area contributed by atoms with E-state index in [4.69, 9.17) is 5.73 Å². The Balaban J connectivity index is 2.17. The number of nitrogens with two attached hydrogens (primary N) is 1. The maximum atomic E-state index is 11.6. The number of hydrogen-bond acceptors (Lipinski definition) is 4. The molecule has 0 spiro atoms. The number of nitrogen functional groups attached to an aromatic ring is 1. The number of amides is 1. The average Bonchev–Trinajstić information content (AvgIpc) is 2.97. The van der Waals surface area contributed by atoms with Crippen molar-refractivity contribution in [2.45, 2.75) is 0 Å². The van der Waals surface area contributed by atoms with Gasteiger partial charge in [-0.25, -0.2) is 4.68 Å². The van der Waals surface area contributed by atoms with Gasteiger partial charge in [0.05, 0.1) is 16.9 Å². The van der Waals surface area contributed by atoms with Crippen LogP contribution in [-0.4, -0.2) is 27.7 Å². The molecule has 3 rings (SSSR count). The summed E-state index contributed by atoms with van der Waals surface area (Å²) in [5.74, 6) is -0.221. The van der Waals surface area contributed by atoms with Crippen molar-refractivity contribution in [1.29, 1.82) is 0 Å². The summed E-state index contributed by atoms with van der Waals surface area (Å²) in [6.07, 6.45) is 3.43. The molecule has 0 saturated heterocycles. The molecular weight excluding hydrogens is 254 g/mol. The van der Waals surface area contributed by atoms with Gasteiger partial charge in [0.25, 0.3) is 5.91 Å². The van der Waals surface area contributed by atoms with Gasteiger partial charge >= 0.3 is 0 Å². The van der Waals surface area contributed by atoms with Crippen LogP contribution in [0.5, 0.6) is 0 Å². The summed E-state index contributed by atoms with van der Waals surface area (Å²) in [5, 5.41) is 7.70. The predicted octanol–water partition coefficient (Wildman–Crippen LogP) is 1.36. The maximum Gasteiger partial charge on any atom is 0.271 e. The number of anilines is 1. The molecule has 0 fully saturated rings. The van der Waals surface area contributed by atoms with Crippen molar-refractivity contribution in [3.8, 4) is 5.69 Å². The van der Waals surface area contributed by atoms with Crippen molar-refractivity contribution in [2.75, 3.05) is 12.8 Å². The summed E-state index contributed by atoms with van der Waals surface area (Å²) in [7, 11) is 1.57. The molecular formula is C14H13N5O. The zero-order valence-corrected chi connectivity index (χ0v) is 10.9. The highest BCUT2D eigenvalue weighted by Gasteiger charge is 2.11. The van der Waals surface area contributed by atoms with Crippen LogP contribution >= 0.6 is 0 Å². The Kier molecular flexibility index (Phi) is 2.83. The molecule has 2 aromatic heterocycles. The second-order valence-electron chi connectivity index (χ2n) is 4.30. The maximum absolute atomic E-state index is 11.6. The molecule has 1 aromatic carbocycles. The van der Waals surface area contributed by atoms with Crippen LogP contribution in [0.2, 0.25) is 0 Å². The molecule has 2 heterocycles. The van der Waals surface area contributed by atoms with Gasteiger partial charge in [-0.2, -0.15) is 5.10 Å². The third-order valence-corrected chi connectivity index (χ3v) is 3.07. The highest BCUT2D eigenvalue weighted by atomic mass is 16.1. The number of nitrogens with zero attached hydrogens (tertiary/aromatic N) is 3. The first-order valence-electron chi connectivity index (χ1n) is 6.12. The van der Waals surface area contributed by atoms with E-state index in [1.807, 2.05) is 18.2 Å². The number of pyridine rings is 1. The summed E-state index contributed by atoms with van der Waals surface area (Å²) in [5.41, 5.74) is 8.45. The molecule has 0 aliphatic rings. The van der Waals surface area contributed by atoms with Gasteiger partial charge in [-0.3, -0.25) is 9.78 Å². The Labute approximate surface area is 115 Å². The van der Waals surface area contributed by atoms with E-state index >= 15 is 0 Å². The number of rotatable bonds is 2. The van der Waals surface area contributed by atoms with E-state index < -0.39 is 0 Å². The molecule has 0 unspecified atom stereocenters. The lowest BCUT2D eigenvalue weighted by atomic mass is 10.1.